The van der Waals surface area contributed by atoms with Crippen molar-refractivity contribution >= 4 is 27.8 Å². The maximum atomic E-state index is 11.3. The lowest BCUT2D eigenvalue weighted by molar-refractivity contribution is -0.121. The Morgan fingerprint density at radius 2 is 1.76 bits per heavy atom. The molecule has 0 heterocycles. The van der Waals surface area contributed by atoms with Gasteiger partial charge >= 0.3 is 0 Å². The standard InChI is InChI=1S/C13H12BrNO2/c14-11-3-1-10(2-4-11)13(15-9-16)7-5-12(17)6-8-13/h1-4H,5-8H2. The fourth-order valence-electron chi connectivity index (χ4n) is 2.25. The van der Waals surface area contributed by atoms with Crippen LogP contribution in [-0.2, 0) is 15.1 Å². The van der Waals surface area contributed by atoms with Crippen molar-refractivity contribution < 1.29 is 9.59 Å². The lowest BCUT2D eigenvalue weighted by atomic mass is 9.77. The van der Waals surface area contributed by atoms with E-state index in [4.69, 9.17) is 0 Å². The number of hydrogen-bond donors (Lipinski definition) is 0. The molecule has 0 saturated heterocycles. The first kappa shape index (κ1) is 12.2. The van der Waals surface area contributed by atoms with Crippen molar-refractivity contribution in [2.24, 2.45) is 4.99 Å². The third-order valence-electron chi connectivity index (χ3n) is 3.28. The molecule has 0 radical (unpaired) electrons. The van der Waals surface area contributed by atoms with Gasteiger partial charge in [-0.25, -0.2) is 4.79 Å². The predicted molar refractivity (Wildman–Crippen MR) is 67.4 cm³/mol. The minimum Gasteiger partial charge on any atom is -0.300 e. The van der Waals surface area contributed by atoms with E-state index in [1.54, 1.807) is 6.08 Å². The number of nitrogens with zero attached hydrogens (tertiary/aromatic N) is 1. The minimum atomic E-state index is -0.545. The third kappa shape index (κ3) is 2.54. The molecule has 1 aromatic carbocycles. The van der Waals surface area contributed by atoms with Crippen molar-refractivity contribution in [3.8, 4) is 0 Å². The molecular weight excluding hydrogens is 282 g/mol. The second kappa shape index (κ2) is 4.94. The molecule has 0 bridgehead atoms. The molecule has 0 unspecified atom stereocenters. The summed E-state index contributed by atoms with van der Waals surface area (Å²) in [5, 5.41) is 0. The van der Waals surface area contributed by atoms with Gasteiger partial charge in [-0.15, -0.1) is 0 Å². The third-order valence-corrected chi connectivity index (χ3v) is 3.80. The highest BCUT2D eigenvalue weighted by atomic mass is 79.9. The Hall–Kier alpha value is -1.25. The molecule has 17 heavy (non-hydrogen) atoms. The summed E-state index contributed by atoms with van der Waals surface area (Å²) < 4.78 is 0.985. The summed E-state index contributed by atoms with van der Waals surface area (Å²) in [7, 11) is 0. The van der Waals surface area contributed by atoms with Gasteiger partial charge in [0.1, 0.15) is 5.78 Å². The topological polar surface area (TPSA) is 46.5 Å². The SMILES string of the molecule is O=C=NC1(c2ccc(Br)cc2)CCC(=O)CC1. The summed E-state index contributed by atoms with van der Waals surface area (Å²) in [6, 6.07) is 7.74. The molecule has 88 valence electrons. The van der Waals surface area contributed by atoms with Crippen LogP contribution >= 0.6 is 15.9 Å². The maximum absolute atomic E-state index is 11.3. The molecule has 0 aromatic heterocycles. The quantitative estimate of drug-likeness (QED) is 0.621. The van der Waals surface area contributed by atoms with Crippen LogP contribution in [0.25, 0.3) is 0 Å². The van der Waals surface area contributed by atoms with E-state index in [0.29, 0.717) is 25.7 Å². The number of rotatable bonds is 2. The average Bonchev–Trinajstić information content (AvgIpc) is 2.34. The molecule has 1 aromatic rings. The van der Waals surface area contributed by atoms with Gasteiger partial charge in [0, 0.05) is 17.3 Å². The number of benzene rings is 1. The Balaban J connectivity index is 2.37. The van der Waals surface area contributed by atoms with Crippen LogP contribution in [0.2, 0.25) is 0 Å². The molecule has 1 fully saturated rings. The molecule has 0 atom stereocenters. The lowest BCUT2D eigenvalue weighted by Gasteiger charge is -2.32. The van der Waals surface area contributed by atoms with Crippen LogP contribution in [-0.4, -0.2) is 11.9 Å². The number of carbonyl (C=O) groups is 1. The minimum absolute atomic E-state index is 0.249. The molecule has 0 aliphatic heterocycles. The fourth-order valence-corrected chi connectivity index (χ4v) is 2.52. The highest BCUT2D eigenvalue weighted by Gasteiger charge is 2.36. The van der Waals surface area contributed by atoms with Gasteiger partial charge in [0.25, 0.3) is 0 Å². The van der Waals surface area contributed by atoms with E-state index in [9.17, 15) is 9.59 Å². The molecule has 0 N–H and O–H groups in total. The van der Waals surface area contributed by atoms with Gasteiger partial charge in [0.15, 0.2) is 0 Å². The number of hydrogen-bond acceptors (Lipinski definition) is 3. The van der Waals surface area contributed by atoms with Crippen LogP contribution in [0.1, 0.15) is 31.2 Å². The molecular formula is C13H12BrNO2. The van der Waals surface area contributed by atoms with Crippen molar-refractivity contribution in [3.05, 3.63) is 34.3 Å². The van der Waals surface area contributed by atoms with E-state index in [2.05, 4.69) is 20.9 Å². The molecule has 2 rings (SSSR count). The van der Waals surface area contributed by atoms with Gasteiger partial charge < -0.3 is 0 Å². The average molecular weight is 294 g/mol. The summed E-state index contributed by atoms with van der Waals surface area (Å²) >= 11 is 3.37. The van der Waals surface area contributed by atoms with Gasteiger partial charge in [0.05, 0.1) is 5.54 Å². The van der Waals surface area contributed by atoms with E-state index in [0.717, 1.165) is 10.0 Å². The molecule has 1 aliphatic rings. The number of carbonyl (C=O) groups excluding carboxylic acids is 2. The first-order valence-electron chi connectivity index (χ1n) is 5.53. The Kier molecular flexibility index (Phi) is 3.55. The molecule has 0 amide bonds. The predicted octanol–water partition coefficient (Wildman–Crippen LogP) is 3.12. The highest BCUT2D eigenvalue weighted by molar-refractivity contribution is 9.10. The zero-order valence-electron chi connectivity index (χ0n) is 9.28. The van der Waals surface area contributed by atoms with Crippen LogP contribution in [0.3, 0.4) is 0 Å². The Bertz CT molecular complexity index is 465. The van der Waals surface area contributed by atoms with Gasteiger partial charge in [0.2, 0.25) is 6.08 Å². The molecule has 0 spiro atoms. The van der Waals surface area contributed by atoms with Gasteiger partial charge in [-0.2, -0.15) is 4.99 Å². The Morgan fingerprint density at radius 3 is 2.29 bits per heavy atom. The second-order valence-corrected chi connectivity index (χ2v) is 5.20. The largest absolute Gasteiger partial charge is 0.300 e. The zero-order chi connectivity index (χ0) is 12.3. The monoisotopic (exact) mass is 293 g/mol. The molecule has 4 heteroatoms. The van der Waals surface area contributed by atoms with Crippen LogP contribution in [0.15, 0.2) is 33.7 Å². The number of aliphatic imine (C=N–C) groups is 1. The Labute approximate surface area is 108 Å². The van der Waals surface area contributed by atoms with Crippen molar-refractivity contribution in [2.75, 3.05) is 0 Å². The summed E-state index contributed by atoms with van der Waals surface area (Å²) in [6.45, 7) is 0. The van der Waals surface area contributed by atoms with Gasteiger partial charge in [-0.3, -0.25) is 4.79 Å². The number of isocyanates is 1. The van der Waals surface area contributed by atoms with Gasteiger partial charge in [-0.1, -0.05) is 28.1 Å². The van der Waals surface area contributed by atoms with Crippen molar-refractivity contribution in [2.45, 2.75) is 31.2 Å². The van der Waals surface area contributed by atoms with E-state index >= 15 is 0 Å². The van der Waals surface area contributed by atoms with E-state index in [1.165, 1.54) is 0 Å². The smallest absolute Gasteiger partial charge is 0.235 e. The normalized spacial score (nSPS) is 18.5. The second-order valence-electron chi connectivity index (χ2n) is 4.28. The molecule has 1 saturated carbocycles. The molecule has 3 nitrogen and oxygen atoms in total. The first-order valence-corrected chi connectivity index (χ1v) is 6.32. The van der Waals surface area contributed by atoms with E-state index in [-0.39, 0.29) is 5.78 Å². The summed E-state index contributed by atoms with van der Waals surface area (Å²) in [5.74, 6) is 0.249. The van der Waals surface area contributed by atoms with Crippen LogP contribution in [0, 0.1) is 0 Å². The van der Waals surface area contributed by atoms with Gasteiger partial charge in [-0.05, 0) is 30.5 Å². The maximum Gasteiger partial charge on any atom is 0.235 e. The lowest BCUT2D eigenvalue weighted by Crippen LogP contribution is -2.30. The first-order chi connectivity index (χ1) is 8.16. The fraction of sp³-hybridized carbons (Fsp3) is 0.385. The zero-order valence-corrected chi connectivity index (χ0v) is 10.9. The van der Waals surface area contributed by atoms with Crippen molar-refractivity contribution in [3.63, 3.8) is 0 Å². The molecule has 1 aliphatic carbocycles. The number of ketones is 1. The summed E-state index contributed by atoms with van der Waals surface area (Å²) in [6.07, 6.45) is 3.83. The highest BCUT2D eigenvalue weighted by Crippen LogP contribution is 2.39. The van der Waals surface area contributed by atoms with E-state index < -0.39 is 5.54 Å². The van der Waals surface area contributed by atoms with Crippen molar-refractivity contribution in [1.82, 2.24) is 0 Å². The number of Topliss-reactive ketones (excluding diaryl/α,β-unsaturated/α-hetero) is 1. The van der Waals surface area contributed by atoms with Crippen LogP contribution < -0.4 is 0 Å². The van der Waals surface area contributed by atoms with Crippen LogP contribution in [0.5, 0.6) is 0 Å². The summed E-state index contributed by atoms with van der Waals surface area (Å²) in [5.41, 5.74) is 0.438. The van der Waals surface area contributed by atoms with Crippen LogP contribution in [0.4, 0.5) is 0 Å². The summed E-state index contributed by atoms with van der Waals surface area (Å²) in [4.78, 5) is 25.9. The van der Waals surface area contributed by atoms with E-state index in [1.807, 2.05) is 24.3 Å². The van der Waals surface area contributed by atoms with Crippen molar-refractivity contribution in [1.29, 1.82) is 0 Å². The Morgan fingerprint density at radius 1 is 1.18 bits per heavy atom. The number of halogens is 1.